The van der Waals surface area contributed by atoms with Crippen LogP contribution >= 0.6 is 15.9 Å². The minimum Gasteiger partial charge on any atom is -0.504 e. The van der Waals surface area contributed by atoms with Crippen molar-refractivity contribution in [2.75, 3.05) is 0 Å². The van der Waals surface area contributed by atoms with Crippen LogP contribution in [0.1, 0.15) is 11.1 Å². The fourth-order valence-electron chi connectivity index (χ4n) is 1.47. The summed E-state index contributed by atoms with van der Waals surface area (Å²) in [4.78, 5) is 0. The predicted octanol–water partition coefficient (Wildman–Crippen LogP) is 4.04. The van der Waals surface area contributed by atoms with Crippen molar-refractivity contribution in [3.8, 4) is 11.5 Å². The molecule has 0 amide bonds. The number of benzene rings is 2. The van der Waals surface area contributed by atoms with E-state index in [1.54, 1.807) is 18.2 Å². The highest BCUT2D eigenvalue weighted by molar-refractivity contribution is 9.10. The quantitative estimate of drug-likeness (QED) is 0.925. The average molecular weight is 293 g/mol. The largest absolute Gasteiger partial charge is 0.504 e. The van der Waals surface area contributed by atoms with Crippen LogP contribution in [0.15, 0.2) is 46.9 Å². The molecule has 0 saturated carbocycles. The third kappa shape index (κ3) is 3.01. The predicted molar refractivity (Wildman–Crippen MR) is 71.3 cm³/mol. The van der Waals surface area contributed by atoms with Gasteiger partial charge in [-0.3, -0.25) is 0 Å². The molecule has 0 aliphatic heterocycles. The van der Waals surface area contributed by atoms with E-state index in [-0.39, 0.29) is 5.75 Å². The van der Waals surface area contributed by atoms with Crippen LogP contribution in [-0.4, -0.2) is 5.11 Å². The third-order valence-corrected chi connectivity index (χ3v) is 3.35. The second-order valence-corrected chi connectivity index (χ2v) is 4.69. The molecule has 0 heterocycles. The first-order chi connectivity index (χ1) is 8.16. The zero-order valence-corrected chi connectivity index (χ0v) is 11.1. The number of aromatic hydroxyl groups is 1. The van der Waals surface area contributed by atoms with Gasteiger partial charge in [-0.15, -0.1) is 0 Å². The van der Waals surface area contributed by atoms with Gasteiger partial charge in [-0.1, -0.05) is 40.2 Å². The molecular weight excluding hydrogens is 280 g/mol. The molecule has 2 nitrogen and oxygen atoms in total. The van der Waals surface area contributed by atoms with Gasteiger partial charge in [0.25, 0.3) is 0 Å². The summed E-state index contributed by atoms with van der Waals surface area (Å²) >= 11 is 3.48. The number of ether oxygens (including phenoxy) is 1. The highest BCUT2D eigenvalue weighted by Gasteiger charge is 2.02. The van der Waals surface area contributed by atoms with E-state index in [1.807, 2.05) is 31.2 Å². The number of hydrogen-bond donors (Lipinski definition) is 1. The van der Waals surface area contributed by atoms with Gasteiger partial charge in [0.05, 0.1) is 0 Å². The van der Waals surface area contributed by atoms with Crippen LogP contribution in [0.2, 0.25) is 0 Å². The van der Waals surface area contributed by atoms with Gasteiger partial charge in [0, 0.05) is 4.47 Å². The van der Waals surface area contributed by atoms with Crippen LogP contribution in [0.3, 0.4) is 0 Å². The number of rotatable bonds is 3. The molecule has 88 valence electrons. The summed E-state index contributed by atoms with van der Waals surface area (Å²) in [6.07, 6.45) is 0. The van der Waals surface area contributed by atoms with Crippen molar-refractivity contribution < 1.29 is 9.84 Å². The SMILES string of the molecule is Cc1ccc(COc2ccccc2O)cc1Br. The molecular formula is C14H13BrO2. The number of aryl methyl sites for hydroxylation is 1. The summed E-state index contributed by atoms with van der Waals surface area (Å²) in [5.41, 5.74) is 2.25. The molecule has 0 aliphatic rings. The molecule has 0 fully saturated rings. The Bertz CT molecular complexity index is 523. The van der Waals surface area contributed by atoms with Gasteiger partial charge in [-0.25, -0.2) is 0 Å². The molecule has 0 radical (unpaired) electrons. The average Bonchev–Trinajstić information content (AvgIpc) is 2.32. The first-order valence-corrected chi connectivity index (χ1v) is 6.12. The molecule has 17 heavy (non-hydrogen) atoms. The van der Waals surface area contributed by atoms with E-state index >= 15 is 0 Å². The van der Waals surface area contributed by atoms with Gasteiger partial charge >= 0.3 is 0 Å². The maximum absolute atomic E-state index is 9.55. The van der Waals surface area contributed by atoms with Crippen LogP contribution in [0.4, 0.5) is 0 Å². The molecule has 0 atom stereocenters. The zero-order chi connectivity index (χ0) is 12.3. The Morgan fingerprint density at radius 1 is 1.18 bits per heavy atom. The first kappa shape index (κ1) is 12.0. The first-order valence-electron chi connectivity index (χ1n) is 5.32. The van der Waals surface area contributed by atoms with Crippen LogP contribution in [0.25, 0.3) is 0 Å². The van der Waals surface area contributed by atoms with Crippen molar-refractivity contribution >= 4 is 15.9 Å². The molecule has 0 aromatic heterocycles. The molecule has 0 saturated heterocycles. The maximum Gasteiger partial charge on any atom is 0.161 e. The lowest BCUT2D eigenvalue weighted by molar-refractivity contribution is 0.289. The Morgan fingerprint density at radius 2 is 1.94 bits per heavy atom. The molecule has 0 unspecified atom stereocenters. The number of para-hydroxylation sites is 2. The Morgan fingerprint density at radius 3 is 2.65 bits per heavy atom. The number of hydrogen-bond acceptors (Lipinski definition) is 2. The lowest BCUT2D eigenvalue weighted by atomic mass is 10.2. The van der Waals surface area contributed by atoms with E-state index in [2.05, 4.69) is 15.9 Å². The molecule has 2 rings (SSSR count). The van der Waals surface area contributed by atoms with Crippen LogP contribution < -0.4 is 4.74 Å². The second-order valence-electron chi connectivity index (χ2n) is 3.84. The second kappa shape index (κ2) is 5.23. The monoisotopic (exact) mass is 292 g/mol. The van der Waals surface area contributed by atoms with Crippen LogP contribution in [0.5, 0.6) is 11.5 Å². The minimum atomic E-state index is 0.165. The van der Waals surface area contributed by atoms with Gasteiger partial charge in [0.2, 0.25) is 0 Å². The summed E-state index contributed by atoms with van der Waals surface area (Å²) < 4.78 is 6.61. The highest BCUT2D eigenvalue weighted by atomic mass is 79.9. The van der Waals surface area contributed by atoms with Gasteiger partial charge in [0.15, 0.2) is 11.5 Å². The summed E-state index contributed by atoms with van der Waals surface area (Å²) in [6.45, 7) is 2.48. The van der Waals surface area contributed by atoms with Crippen molar-refractivity contribution in [3.63, 3.8) is 0 Å². The molecule has 3 heteroatoms. The summed E-state index contributed by atoms with van der Waals surface area (Å²) in [5.74, 6) is 0.669. The van der Waals surface area contributed by atoms with Crippen LogP contribution in [-0.2, 0) is 6.61 Å². The van der Waals surface area contributed by atoms with E-state index in [1.165, 1.54) is 5.56 Å². The topological polar surface area (TPSA) is 29.5 Å². The lowest BCUT2D eigenvalue weighted by Crippen LogP contribution is -1.96. The molecule has 2 aromatic carbocycles. The van der Waals surface area contributed by atoms with Crippen molar-refractivity contribution in [3.05, 3.63) is 58.1 Å². The maximum atomic E-state index is 9.55. The van der Waals surface area contributed by atoms with Gasteiger partial charge in [-0.05, 0) is 36.2 Å². The Kier molecular flexibility index (Phi) is 3.69. The summed E-state index contributed by atoms with van der Waals surface area (Å²) in [7, 11) is 0. The smallest absolute Gasteiger partial charge is 0.161 e. The van der Waals surface area contributed by atoms with E-state index in [0.29, 0.717) is 12.4 Å². The van der Waals surface area contributed by atoms with Crippen molar-refractivity contribution in [2.45, 2.75) is 13.5 Å². The normalized spacial score (nSPS) is 10.2. The van der Waals surface area contributed by atoms with Gasteiger partial charge in [0.1, 0.15) is 6.61 Å². The molecule has 0 aliphatic carbocycles. The van der Waals surface area contributed by atoms with Crippen molar-refractivity contribution in [2.24, 2.45) is 0 Å². The minimum absolute atomic E-state index is 0.165. The van der Waals surface area contributed by atoms with E-state index in [9.17, 15) is 5.11 Å². The molecule has 0 spiro atoms. The number of phenols is 1. The van der Waals surface area contributed by atoms with Crippen molar-refractivity contribution in [1.82, 2.24) is 0 Å². The van der Waals surface area contributed by atoms with E-state index < -0.39 is 0 Å². The molecule has 1 N–H and O–H groups in total. The Hall–Kier alpha value is -1.48. The van der Waals surface area contributed by atoms with Crippen LogP contribution in [0, 0.1) is 6.92 Å². The fraction of sp³-hybridized carbons (Fsp3) is 0.143. The number of phenolic OH excluding ortho intramolecular Hbond substituents is 1. The van der Waals surface area contributed by atoms with E-state index in [0.717, 1.165) is 10.0 Å². The van der Waals surface area contributed by atoms with Gasteiger partial charge in [-0.2, -0.15) is 0 Å². The summed E-state index contributed by atoms with van der Waals surface area (Å²) in [6, 6.07) is 13.0. The third-order valence-electron chi connectivity index (χ3n) is 2.50. The number of halogens is 1. The Balaban J connectivity index is 2.08. The molecule has 0 bridgehead atoms. The lowest BCUT2D eigenvalue weighted by Gasteiger charge is -2.08. The Labute approximate surface area is 109 Å². The summed E-state index contributed by atoms with van der Waals surface area (Å²) in [5, 5.41) is 9.55. The standard InChI is InChI=1S/C14H13BrO2/c1-10-6-7-11(8-12(10)15)9-17-14-5-3-2-4-13(14)16/h2-8,16H,9H2,1H3. The highest BCUT2D eigenvalue weighted by Crippen LogP contribution is 2.26. The molecule has 2 aromatic rings. The van der Waals surface area contributed by atoms with Crippen molar-refractivity contribution in [1.29, 1.82) is 0 Å². The zero-order valence-electron chi connectivity index (χ0n) is 9.48. The van der Waals surface area contributed by atoms with Gasteiger partial charge < -0.3 is 9.84 Å². The fourth-order valence-corrected chi connectivity index (χ4v) is 1.89. The van der Waals surface area contributed by atoms with E-state index in [4.69, 9.17) is 4.74 Å².